The highest BCUT2D eigenvalue weighted by Gasteiger charge is 2.67. The van der Waals surface area contributed by atoms with Crippen molar-refractivity contribution in [2.45, 2.75) is 13.0 Å². The SMILES string of the molecule is CON(C)C(=O)[C@@]1(C(=O)O)C[C@@H]1COCc1ccccc1. The van der Waals surface area contributed by atoms with E-state index in [0.29, 0.717) is 6.61 Å². The third-order valence-electron chi connectivity index (χ3n) is 3.86. The quantitative estimate of drug-likeness (QED) is 0.606. The van der Waals surface area contributed by atoms with E-state index in [2.05, 4.69) is 0 Å². The molecule has 0 bridgehead atoms. The fourth-order valence-corrected chi connectivity index (χ4v) is 2.40. The number of ether oxygens (including phenoxy) is 1. The molecule has 21 heavy (non-hydrogen) atoms. The van der Waals surface area contributed by atoms with Crippen LogP contribution in [0, 0.1) is 11.3 Å². The van der Waals surface area contributed by atoms with Crippen LogP contribution in [-0.2, 0) is 25.8 Å². The maximum Gasteiger partial charge on any atom is 0.319 e. The second-order valence-electron chi connectivity index (χ2n) is 5.16. The topological polar surface area (TPSA) is 76.1 Å². The van der Waals surface area contributed by atoms with Gasteiger partial charge in [0.15, 0.2) is 5.41 Å². The van der Waals surface area contributed by atoms with Crippen molar-refractivity contribution in [2.24, 2.45) is 11.3 Å². The van der Waals surface area contributed by atoms with Crippen molar-refractivity contribution in [1.82, 2.24) is 5.06 Å². The first-order chi connectivity index (χ1) is 10.0. The van der Waals surface area contributed by atoms with Gasteiger partial charge in [-0.15, -0.1) is 0 Å². The zero-order valence-electron chi connectivity index (χ0n) is 12.1. The average Bonchev–Trinajstić information content (AvgIpc) is 3.22. The number of carboxylic acids is 1. The predicted octanol–water partition coefficient (Wildman–Crippen LogP) is 1.31. The zero-order chi connectivity index (χ0) is 15.5. The van der Waals surface area contributed by atoms with Crippen LogP contribution in [0.2, 0.25) is 0 Å². The minimum absolute atomic E-state index is 0.241. The first-order valence-electron chi connectivity index (χ1n) is 6.69. The number of rotatable bonds is 7. The summed E-state index contributed by atoms with van der Waals surface area (Å²) in [5.74, 6) is -1.97. The van der Waals surface area contributed by atoms with Crippen LogP contribution in [0.1, 0.15) is 12.0 Å². The van der Waals surface area contributed by atoms with E-state index in [0.717, 1.165) is 10.6 Å². The van der Waals surface area contributed by atoms with Crippen LogP contribution in [0.4, 0.5) is 0 Å². The number of aliphatic carboxylic acids is 1. The molecule has 2 rings (SSSR count). The largest absolute Gasteiger partial charge is 0.480 e. The summed E-state index contributed by atoms with van der Waals surface area (Å²) < 4.78 is 5.54. The van der Waals surface area contributed by atoms with Crippen molar-refractivity contribution in [3.8, 4) is 0 Å². The molecule has 1 aliphatic carbocycles. The van der Waals surface area contributed by atoms with Gasteiger partial charge in [-0.3, -0.25) is 14.4 Å². The Labute approximate surface area is 123 Å². The van der Waals surface area contributed by atoms with Gasteiger partial charge >= 0.3 is 5.97 Å². The van der Waals surface area contributed by atoms with Gasteiger partial charge in [-0.05, 0) is 12.0 Å². The van der Waals surface area contributed by atoms with Gasteiger partial charge in [-0.1, -0.05) is 30.3 Å². The van der Waals surface area contributed by atoms with E-state index in [4.69, 9.17) is 9.57 Å². The molecule has 114 valence electrons. The van der Waals surface area contributed by atoms with Gasteiger partial charge in [0.1, 0.15) is 0 Å². The Morgan fingerprint density at radius 3 is 2.62 bits per heavy atom. The van der Waals surface area contributed by atoms with Crippen molar-refractivity contribution in [1.29, 1.82) is 0 Å². The standard InChI is InChI=1S/C15H19NO5/c1-16(20-2)13(17)15(14(18)19)8-12(15)10-21-9-11-6-4-3-5-7-11/h3-7,12H,8-10H2,1-2H3,(H,18,19)/t12-,15-/m1/s1. The Kier molecular flexibility index (Phi) is 4.59. The number of benzene rings is 1. The molecule has 0 radical (unpaired) electrons. The van der Waals surface area contributed by atoms with Gasteiger partial charge < -0.3 is 9.84 Å². The second-order valence-corrected chi connectivity index (χ2v) is 5.16. The second kappa shape index (κ2) is 6.24. The highest BCUT2D eigenvalue weighted by molar-refractivity contribution is 6.05. The number of carbonyl (C=O) groups excluding carboxylic acids is 1. The monoisotopic (exact) mass is 293 g/mol. The van der Waals surface area contributed by atoms with E-state index in [-0.39, 0.29) is 18.9 Å². The van der Waals surface area contributed by atoms with Crippen LogP contribution in [0.15, 0.2) is 30.3 Å². The molecule has 1 fully saturated rings. The van der Waals surface area contributed by atoms with E-state index < -0.39 is 17.3 Å². The molecule has 1 aliphatic rings. The van der Waals surface area contributed by atoms with Crippen LogP contribution in [0.25, 0.3) is 0 Å². The van der Waals surface area contributed by atoms with E-state index in [1.54, 1.807) is 0 Å². The smallest absolute Gasteiger partial charge is 0.319 e. The first-order valence-corrected chi connectivity index (χ1v) is 6.69. The molecule has 1 aromatic carbocycles. The number of carboxylic acid groups (broad SMARTS) is 1. The van der Waals surface area contributed by atoms with Crippen LogP contribution >= 0.6 is 0 Å². The van der Waals surface area contributed by atoms with E-state index in [1.165, 1.54) is 14.2 Å². The number of hydroxylamine groups is 2. The summed E-state index contributed by atoms with van der Waals surface area (Å²) in [5.41, 5.74) is -0.388. The molecule has 0 spiro atoms. The molecule has 1 N–H and O–H groups in total. The van der Waals surface area contributed by atoms with Gasteiger partial charge in [0.25, 0.3) is 5.91 Å². The molecule has 0 unspecified atom stereocenters. The predicted molar refractivity (Wildman–Crippen MR) is 74.1 cm³/mol. The summed E-state index contributed by atoms with van der Waals surface area (Å²) in [6.45, 7) is 0.645. The van der Waals surface area contributed by atoms with Crippen molar-refractivity contribution < 1.29 is 24.3 Å². The molecule has 2 atom stereocenters. The number of nitrogens with zero attached hydrogens (tertiary/aromatic N) is 1. The van der Waals surface area contributed by atoms with Crippen molar-refractivity contribution >= 4 is 11.9 Å². The molecule has 1 aromatic rings. The fraction of sp³-hybridized carbons (Fsp3) is 0.467. The van der Waals surface area contributed by atoms with Gasteiger partial charge in [0.05, 0.1) is 20.3 Å². The first kappa shape index (κ1) is 15.5. The van der Waals surface area contributed by atoms with Gasteiger partial charge in [0.2, 0.25) is 0 Å². The van der Waals surface area contributed by atoms with Gasteiger partial charge in [-0.2, -0.15) is 0 Å². The highest BCUT2D eigenvalue weighted by atomic mass is 16.7. The van der Waals surface area contributed by atoms with Crippen molar-refractivity contribution in [3.05, 3.63) is 35.9 Å². The van der Waals surface area contributed by atoms with Crippen molar-refractivity contribution in [3.63, 3.8) is 0 Å². The maximum atomic E-state index is 12.1. The highest BCUT2D eigenvalue weighted by Crippen LogP contribution is 2.54. The molecule has 0 saturated heterocycles. The van der Waals surface area contributed by atoms with Crippen molar-refractivity contribution in [2.75, 3.05) is 20.8 Å². The van der Waals surface area contributed by atoms with Crippen LogP contribution in [-0.4, -0.2) is 42.8 Å². The minimum Gasteiger partial charge on any atom is -0.480 e. The number of amides is 1. The molecule has 6 heteroatoms. The molecule has 0 heterocycles. The molecular formula is C15H19NO5. The third-order valence-corrected chi connectivity index (χ3v) is 3.86. The minimum atomic E-state index is -1.40. The summed E-state index contributed by atoms with van der Waals surface area (Å²) in [6.07, 6.45) is 0.281. The summed E-state index contributed by atoms with van der Waals surface area (Å²) in [6, 6.07) is 9.60. The lowest BCUT2D eigenvalue weighted by molar-refractivity contribution is -0.181. The number of carbonyl (C=O) groups is 2. The van der Waals surface area contributed by atoms with E-state index >= 15 is 0 Å². The molecule has 6 nitrogen and oxygen atoms in total. The zero-order valence-corrected chi connectivity index (χ0v) is 12.1. The Bertz CT molecular complexity index is 518. The average molecular weight is 293 g/mol. The Balaban J connectivity index is 1.90. The summed E-state index contributed by atoms with van der Waals surface area (Å²) in [7, 11) is 2.74. The lowest BCUT2D eigenvalue weighted by Crippen LogP contribution is -2.39. The lowest BCUT2D eigenvalue weighted by atomic mass is 10.0. The number of hydrogen-bond donors (Lipinski definition) is 1. The third kappa shape index (κ3) is 3.06. The molecule has 0 aromatic heterocycles. The Hall–Kier alpha value is -1.92. The van der Waals surface area contributed by atoms with E-state index in [1.807, 2.05) is 30.3 Å². The molecule has 1 saturated carbocycles. The van der Waals surface area contributed by atoms with E-state index in [9.17, 15) is 14.7 Å². The van der Waals surface area contributed by atoms with Crippen LogP contribution in [0.5, 0.6) is 0 Å². The summed E-state index contributed by atoms with van der Waals surface area (Å²) in [5, 5.41) is 10.3. The molecular weight excluding hydrogens is 274 g/mol. The van der Waals surface area contributed by atoms with Gasteiger partial charge in [0, 0.05) is 13.0 Å². The van der Waals surface area contributed by atoms with Crippen LogP contribution in [0.3, 0.4) is 0 Å². The molecule has 0 aliphatic heterocycles. The normalized spacial score (nSPS) is 23.6. The summed E-state index contributed by atoms with van der Waals surface area (Å²) >= 11 is 0. The summed E-state index contributed by atoms with van der Waals surface area (Å²) in [4.78, 5) is 28.3. The maximum absolute atomic E-state index is 12.1. The Morgan fingerprint density at radius 1 is 1.38 bits per heavy atom. The van der Waals surface area contributed by atoms with Gasteiger partial charge in [-0.25, -0.2) is 5.06 Å². The molecule has 1 amide bonds. The van der Waals surface area contributed by atoms with Crippen LogP contribution < -0.4 is 0 Å². The fourth-order valence-electron chi connectivity index (χ4n) is 2.40. The lowest BCUT2D eigenvalue weighted by Gasteiger charge is -2.19. The number of hydrogen-bond acceptors (Lipinski definition) is 4. The Morgan fingerprint density at radius 2 is 2.05 bits per heavy atom.